The van der Waals surface area contributed by atoms with E-state index in [4.69, 9.17) is 0 Å². The van der Waals surface area contributed by atoms with Crippen molar-refractivity contribution < 1.29 is 9.18 Å². The molecule has 1 fully saturated rings. The average Bonchev–Trinajstić information content (AvgIpc) is 3.04. The fourth-order valence-corrected chi connectivity index (χ4v) is 3.84. The van der Waals surface area contributed by atoms with Crippen molar-refractivity contribution in [2.75, 3.05) is 13.1 Å². The Morgan fingerprint density at radius 1 is 1.28 bits per heavy atom. The van der Waals surface area contributed by atoms with Crippen LogP contribution in [0.5, 0.6) is 0 Å². The smallest absolute Gasteiger partial charge is 0.246 e. The van der Waals surface area contributed by atoms with Crippen LogP contribution in [0.1, 0.15) is 48.9 Å². The summed E-state index contributed by atoms with van der Waals surface area (Å²) in [6, 6.07) is 6.06. The number of benzene rings is 1. The molecule has 25 heavy (non-hydrogen) atoms. The van der Waals surface area contributed by atoms with Crippen LogP contribution in [0.25, 0.3) is 0 Å². The van der Waals surface area contributed by atoms with Crippen molar-refractivity contribution in [2.24, 2.45) is 0 Å². The summed E-state index contributed by atoms with van der Waals surface area (Å²) in [5.74, 6) is 1.85. The molecular formula is C18H22FN5O. The van der Waals surface area contributed by atoms with Crippen LogP contribution in [0.15, 0.2) is 24.3 Å². The largest absolute Gasteiger partial charge is 0.329 e. The molecule has 2 aromatic rings. The third-order valence-electron chi connectivity index (χ3n) is 5.15. The zero-order valence-corrected chi connectivity index (χ0v) is 14.3. The first-order valence-electron chi connectivity index (χ1n) is 8.81. The second-order valence-electron chi connectivity index (χ2n) is 6.87. The first kappa shape index (κ1) is 16.2. The summed E-state index contributed by atoms with van der Waals surface area (Å²) in [4.78, 5) is 14.6. The number of fused-ring (bicyclic) bond motifs is 1. The summed E-state index contributed by atoms with van der Waals surface area (Å²) in [5, 5.41) is 12.1. The Morgan fingerprint density at radius 2 is 2.08 bits per heavy atom. The van der Waals surface area contributed by atoms with Crippen molar-refractivity contribution in [3.63, 3.8) is 0 Å². The van der Waals surface area contributed by atoms with Crippen LogP contribution in [0.2, 0.25) is 0 Å². The fourth-order valence-electron chi connectivity index (χ4n) is 3.84. The summed E-state index contributed by atoms with van der Waals surface area (Å²) in [7, 11) is 0. The van der Waals surface area contributed by atoms with E-state index in [1.807, 2.05) is 17.6 Å². The summed E-state index contributed by atoms with van der Waals surface area (Å²) < 4.78 is 15.4. The molecule has 7 heteroatoms. The molecule has 1 amide bonds. The van der Waals surface area contributed by atoms with E-state index < -0.39 is 0 Å². The standard InChI is InChI=1S/C18H22FN5O/c1-12-18(25)23(10-13-3-2-4-15(19)9-13)11-16-21-22-17(24(12)16)14-5-7-20-8-6-14/h2-4,9,12,14,20H,5-8,10-11H2,1H3/t12-/m0/s1. The maximum atomic E-state index is 13.4. The number of carbonyl (C=O) groups excluding carboxylic acids is 1. The number of hydrogen-bond donors (Lipinski definition) is 1. The van der Waals surface area contributed by atoms with Crippen LogP contribution < -0.4 is 5.32 Å². The van der Waals surface area contributed by atoms with Gasteiger partial charge in [0.15, 0.2) is 5.82 Å². The van der Waals surface area contributed by atoms with Crippen LogP contribution >= 0.6 is 0 Å². The summed E-state index contributed by atoms with van der Waals surface area (Å²) >= 11 is 0. The van der Waals surface area contributed by atoms with Gasteiger partial charge in [0.25, 0.3) is 0 Å². The second-order valence-corrected chi connectivity index (χ2v) is 6.87. The maximum absolute atomic E-state index is 13.4. The molecule has 0 aliphatic carbocycles. The van der Waals surface area contributed by atoms with Crippen LogP contribution in [-0.4, -0.2) is 38.7 Å². The lowest BCUT2D eigenvalue weighted by Gasteiger charge is -2.33. The Morgan fingerprint density at radius 3 is 2.84 bits per heavy atom. The van der Waals surface area contributed by atoms with E-state index in [-0.39, 0.29) is 17.8 Å². The number of hydrogen-bond acceptors (Lipinski definition) is 4. The van der Waals surface area contributed by atoms with Crippen molar-refractivity contribution in [3.8, 4) is 0 Å². The van der Waals surface area contributed by atoms with Gasteiger partial charge in [-0.05, 0) is 50.6 Å². The molecule has 132 valence electrons. The first-order chi connectivity index (χ1) is 12.1. The van der Waals surface area contributed by atoms with Gasteiger partial charge in [-0.15, -0.1) is 10.2 Å². The molecule has 2 aliphatic rings. The van der Waals surface area contributed by atoms with Crippen LogP contribution in [-0.2, 0) is 17.9 Å². The number of aromatic nitrogens is 3. The molecule has 0 spiro atoms. The topological polar surface area (TPSA) is 63.1 Å². The minimum atomic E-state index is -0.322. The number of amides is 1. The van der Waals surface area contributed by atoms with Crippen molar-refractivity contribution in [3.05, 3.63) is 47.3 Å². The van der Waals surface area contributed by atoms with Gasteiger partial charge in [-0.3, -0.25) is 4.79 Å². The third-order valence-corrected chi connectivity index (χ3v) is 5.15. The normalized spacial score (nSPS) is 21.4. The Labute approximate surface area is 146 Å². The molecule has 1 aromatic carbocycles. The lowest BCUT2D eigenvalue weighted by molar-refractivity contribution is -0.137. The highest BCUT2D eigenvalue weighted by atomic mass is 19.1. The molecule has 6 nitrogen and oxygen atoms in total. The van der Waals surface area contributed by atoms with Crippen LogP contribution in [0.4, 0.5) is 4.39 Å². The predicted molar refractivity (Wildman–Crippen MR) is 90.2 cm³/mol. The van der Waals surface area contributed by atoms with Crippen LogP contribution in [0, 0.1) is 5.82 Å². The van der Waals surface area contributed by atoms with Crippen molar-refractivity contribution >= 4 is 5.91 Å². The minimum Gasteiger partial charge on any atom is -0.329 e. The lowest BCUT2D eigenvalue weighted by atomic mass is 9.96. The molecule has 2 aliphatic heterocycles. The van der Waals surface area contributed by atoms with Gasteiger partial charge in [-0.25, -0.2) is 4.39 Å². The van der Waals surface area contributed by atoms with E-state index in [0.717, 1.165) is 43.1 Å². The Balaban J connectivity index is 1.58. The van der Waals surface area contributed by atoms with E-state index in [1.54, 1.807) is 11.0 Å². The molecule has 1 aromatic heterocycles. The molecule has 0 saturated carbocycles. The zero-order valence-electron chi connectivity index (χ0n) is 14.3. The molecule has 4 rings (SSSR count). The first-order valence-corrected chi connectivity index (χ1v) is 8.81. The van der Waals surface area contributed by atoms with Crippen molar-refractivity contribution in [1.29, 1.82) is 0 Å². The molecule has 0 bridgehead atoms. The average molecular weight is 343 g/mol. The zero-order chi connectivity index (χ0) is 17.4. The second kappa shape index (κ2) is 6.55. The number of nitrogens with zero attached hydrogens (tertiary/aromatic N) is 4. The maximum Gasteiger partial charge on any atom is 0.246 e. The van der Waals surface area contributed by atoms with Crippen molar-refractivity contribution in [2.45, 2.75) is 44.8 Å². The van der Waals surface area contributed by atoms with E-state index >= 15 is 0 Å². The molecule has 0 unspecified atom stereocenters. The SMILES string of the molecule is C[C@H]1C(=O)N(Cc2cccc(F)c2)Cc2nnc(C3CCNCC3)n21. The molecule has 1 N–H and O–H groups in total. The van der Waals surface area contributed by atoms with Crippen LogP contribution in [0.3, 0.4) is 0 Å². The highest BCUT2D eigenvalue weighted by molar-refractivity contribution is 5.81. The van der Waals surface area contributed by atoms with Gasteiger partial charge in [-0.1, -0.05) is 12.1 Å². The molecule has 1 saturated heterocycles. The summed E-state index contributed by atoms with van der Waals surface area (Å²) in [5.41, 5.74) is 0.784. The number of carbonyl (C=O) groups is 1. The predicted octanol–water partition coefficient (Wildman–Crippen LogP) is 1.99. The van der Waals surface area contributed by atoms with Gasteiger partial charge >= 0.3 is 0 Å². The fraction of sp³-hybridized carbons (Fsp3) is 0.500. The molecule has 1 atom stereocenters. The Kier molecular flexibility index (Phi) is 4.25. The third kappa shape index (κ3) is 3.04. The van der Waals surface area contributed by atoms with Gasteiger partial charge in [0.2, 0.25) is 5.91 Å². The minimum absolute atomic E-state index is 0.0340. The van der Waals surface area contributed by atoms with Gasteiger partial charge < -0.3 is 14.8 Å². The number of nitrogens with one attached hydrogen (secondary N) is 1. The Bertz CT molecular complexity index is 784. The number of rotatable bonds is 3. The molecule has 3 heterocycles. The van der Waals surface area contributed by atoms with E-state index in [1.165, 1.54) is 12.1 Å². The summed E-state index contributed by atoms with van der Waals surface area (Å²) in [6.07, 6.45) is 2.04. The lowest BCUT2D eigenvalue weighted by Crippen LogP contribution is -2.42. The van der Waals surface area contributed by atoms with Gasteiger partial charge in [0, 0.05) is 12.5 Å². The molecule has 0 radical (unpaired) electrons. The monoisotopic (exact) mass is 343 g/mol. The van der Waals surface area contributed by atoms with Gasteiger partial charge in [0.1, 0.15) is 17.7 Å². The quantitative estimate of drug-likeness (QED) is 0.926. The van der Waals surface area contributed by atoms with Gasteiger partial charge in [-0.2, -0.15) is 0 Å². The Hall–Kier alpha value is -2.28. The number of piperidine rings is 1. The van der Waals surface area contributed by atoms with E-state index in [0.29, 0.717) is 19.0 Å². The van der Waals surface area contributed by atoms with Crippen molar-refractivity contribution in [1.82, 2.24) is 25.0 Å². The summed E-state index contributed by atoms with van der Waals surface area (Å²) in [6.45, 7) is 4.65. The highest BCUT2D eigenvalue weighted by Crippen LogP contribution is 2.31. The number of halogens is 1. The van der Waals surface area contributed by atoms with Gasteiger partial charge in [0.05, 0.1) is 6.54 Å². The van der Waals surface area contributed by atoms with E-state index in [2.05, 4.69) is 15.5 Å². The van der Waals surface area contributed by atoms with E-state index in [9.17, 15) is 9.18 Å². The molecular weight excluding hydrogens is 321 g/mol. The highest BCUT2D eigenvalue weighted by Gasteiger charge is 2.35.